The second-order valence-corrected chi connectivity index (χ2v) is 4.98. The minimum Gasteiger partial charge on any atom is -0.481 e. The number of ether oxygens (including phenoxy) is 1. The van der Waals surface area contributed by atoms with Crippen molar-refractivity contribution in [3.8, 4) is 0 Å². The lowest BCUT2D eigenvalue weighted by atomic mass is 9.92. The molecule has 0 saturated carbocycles. The van der Waals surface area contributed by atoms with Gasteiger partial charge >= 0.3 is 12.0 Å². The molecule has 2 aliphatic rings. The molecule has 1 N–H and O–H groups in total. The summed E-state index contributed by atoms with van der Waals surface area (Å²) >= 11 is 0. The average Bonchev–Trinajstić information content (AvgIpc) is 2.38. The molecule has 2 amide bonds. The third kappa shape index (κ3) is 2.75. The summed E-state index contributed by atoms with van der Waals surface area (Å²) in [5.41, 5.74) is 0. The molecule has 6 heteroatoms. The van der Waals surface area contributed by atoms with Crippen LogP contribution in [0.2, 0.25) is 0 Å². The van der Waals surface area contributed by atoms with Gasteiger partial charge in [-0.3, -0.25) is 4.79 Å². The molecule has 2 aliphatic heterocycles. The van der Waals surface area contributed by atoms with Crippen LogP contribution >= 0.6 is 0 Å². The highest BCUT2D eigenvalue weighted by Gasteiger charge is 2.34. The topological polar surface area (TPSA) is 70.1 Å². The Morgan fingerprint density at radius 2 is 1.89 bits per heavy atom. The number of carbonyl (C=O) groups is 2. The minimum atomic E-state index is -0.750. The van der Waals surface area contributed by atoms with Gasteiger partial charge in [0.2, 0.25) is 0 Å². The monoisotopic (exact) mass is 256 g/mol. The third-order valence-corrected chi connectivity index (χ3v) is 3.75. The fourth-order valence-electron chi connectivity index (χ4n) is 2.62. The summed E-state index contributed by atoms with van der Waals surface area (Å²) in [5, 5.41) is 9.00. The molecule has 18 heavy (non-hydrogen) atoms. The predicted octanol–water partition coefficient (Wildman–Crippen LogP) is 0.624. The van der Waals surface area contributed by atoms with Gasteiger partial charge in [-0.15, -0.1) is 0 Å². The lowest BCUT2D eigenvalue weighted by Gasteiger charge is -2.40. The van der Waals surface area contributed by atoms with Gasteiger partial charge in [0.1, 0.15) is 0 Å². The molecule has 0 spiro atoms. The van der Waals surface area contributed by atoms with E-state index in [1.807, 2.05) is 6.92 Å². The number of carboxylic acids is 1. The zero-order chi connectivity index (χ0) is 13.1. The summed E-state index contributed by atoms with van der Waals surface area (Å²) in [7, 11) is 0. The van der Waals surface area contributed by atoms with Crippen molar-refractivity contribution in [1.29, 1.82) is 0 Å². The largest absolute Gasteiger partial charge is 0.481 e. The van der Waals surface area contributed by atoms with Crippen LogP contribution in [0.5, 0.6) is 0 Å². The average molecular weight is 256 g/mol. The first-order valence-corrected chi connectivity index (χ1v) is 6.45. The first kappa shape index (κ1) is 13.1. The number of hydrogen-bond donors (Lipinski definition) is 1. The number of morpholine rings is 1. The summed E-state index contributed by atoms with van der Waals surface area (Å²) in [6.45, 7) is 4.90. The molecule has 2 unspecified atom stereocenters. The van der Waals surface area contributed by atoms with Crippen LogP contribution in [-0.2, 0) is 9.53 Å². The zero-order valence-electron chi connectivity index (χ0n) is 10.7. The second-order valence-electron chi connectivity index (χ2n) is 4.98. The highest BCUT2D eigenvalue weighted by atomic mass is 16.5. The predicted molar refractivity (Wildman–Crippen MR) is 64.3 cm³/mol. The van der Waals surface area contributed by atoms with E-state index in [1.165, 1.54) is 0 Å². The Morgan fingerprint density at radius 3 is 2.44 bits per heavy atom. The first-order valence-electron chi connectivity index (χ1n) is 6.45. The Bertz CT molecular complexity index is 328. The summed E-state index contributed by atoms with van der Waals surface area (Å²) in [6.07, 6.45) is 1.10. The first-order chi connectivity index (χ1) is 8.59. The maximum Gasteiger partial charge on any atom is 0.320 e. The van der Waals surface area contributed by atoms with Gasteiger partial charge in [-0.2, -0.15) is 0 Å². The number of aliphatic carboxylic acids is 1. The molecule has 2 fully saturated rings. The van der Waals surface area contributed by atoms with Crippen LogP contribution in [0.1, 0.15) is 19.8 Å². The van der Waals surface area contributed by atoms with Gasteiger partial charge in [0.15, 0.2) is 0 Å². The number of carbonyl (C=O) groups excluding carboxylic acids is 1. The molecular formula is C12H20N2O4. The van der Waals surface area contributed by atoms with Crippen molar-refractivity contribution in [1.82, 2.24) is 9.80 Å². The standard InChI is InChI=1S/C12H20N2O4/c1-9-8-10(11(15)16)2-3-14(9)12(17)13-4-6-18-7-5-13/h9-10H,2-8H2,1H3,(H,15,16). The van der Waals surface area contributed by atoms with Gasteiger partial charge in [-0.25, -0.2) is 4.79 Å². The lowest BCUT2D eigenvalue weighted by molar-refractivity contribution is -0.143. The molecule has 6 nitrogen and oxygen atoms in total. The summed E-state index contributed by atoms with van der Waals surface area (Å²) in [6, 6.07) is 0.0184. The quantitative estimate of drug-likeness (QED) is 0.747. The number of nitrogens with zero attached hydrogens (tertiary/aromatic N) is 2. The Kier molecular flexibility index (Phi) is 4.06. The van der Waals surface area contributed by atoms with E-state index in [4.69, 9.17) is 9.84 Å². The van der Waals surface area contributed by atoms with Crippen molar-refractivity contribution in [3.63, 3.8) is 0 Å². The van der Waals surface area contributed by atoms with Crippen LogP contribution in [0.3, 0.4) is 0 Å². The van der Waals surface area contributed by atoms with Gasteiger partial charge in [0.05, 0.1) is 19.1 Å². The van der Waals surface area contributed by atoms with Crippen LogP contribution in [0, 0.1) is 5.92 Å². The van der Waals surface area contributed by atoms with Crippen molar-refractivity contribution in [3.05, 3.63) is 0 Å². The van der Waals surface area contributed by atoms with Crippen LogP contribution < -0.4 is 0 Å². The molecule has 0 aromatic carbocycles. The van der Waals surface area contributed by atoms with Gasteiger partial charge in [-0.05, 0) is 19.8 Å². The normalized spacial score (nSPS) is 29.2. The fourth-order valence-corrected chi connectivity index (χ4v) is 2.62. The molecule has 2 heterocycles. The van der Waals surface area contributed by atoms with E-state index in [1.54, 1.807) is 9.80 Å². The molecule has 0 bridgehead atoms. The van der Waals surface area contributed by atoms with Gasteiger partial charge in [0, 0.05) is 25.7 Å². The van der Waals surface area contributed by atoms with Crippen molar-refractivity contribution < 1.29 is 19.4 Å². The Hall–Kier alpha value is -1.30. The smallest absolute Gasteiger partial charge is 0.320 e. The third-order valence-electron chi connectivity index (χ3n) is 3.75. The van der Waals surface area contributed by atoms with E-state index in [-0.39, 0.29) is 18.0 Å². The molecule has 0 aromatic rings. The molecule has 102 valence electrons. The number of amides is 2. The van der Waals surface area contributed by atoms with Crippen LogP contribution in [0.15, 0.2) is 0 Å². The van der Waals surface area contributed by atoms with E-state index in [0.29, 0.717) is 45.7 Å². The highest BCUT2D eigenvalue weighted by molar-refractivity contribution is 5.76. The number of carboxylic acid groups (broad SMARTS) is 1. The summed E-state index contributed by atoms with van der Waals surface area (Å²) in [4.78, 5) is 26.8. The molecule has 2 atom stereocenters. The second kappa shape index (κ2) is 5.56. The van der Waals surface area contributed by atoms with Gasteiger partial charge in [0.25, 0.3) is 0 Å². The Morgan fingerprint density at radius 1 is 1.22 bits per heavy atom. The maximum absolute atomic E-state index is 12.3. The van der Waals surface area contributed by atoms with Crippen molar-refractivity contribution >= 4 is 12.0 Å². The highest BCUT2D eigenvalue weighted by Crippen LogP contribution is 2.24. The summed E-state index contributed by atoms with van der Waals surface area (Å²) < 4.78 is 5.22. The molecular weight excluding hydrogens is 236 g/mol. The lowest BCUT2D eigenvalue weighted by Crippen LogP contribution is -2.53. The van der Waals surface area contributed by atoms with E-state index in [0.717, 1.165) is 0 Å². The number of rotatable bonds is 1. The van der Waals surface area contributed by atoms with Crippen molar-refractivity contribution in [2.24, 2.45) is 5.92 Å². The van der Waals surface area contributed by atoms with E-state index in [2.05, 4.69) is 0 Å². The van der Waals surface area contributed by atoms with E-state index < -0.39 is 5.97 Å². The summed E-state index contributed by atoms with van der Waals surface area (Å²) in [5.74, 6) is -1.06. The number of likely N-dealkylation sites (tertiary alicyclic amines) is 1. The fraction of sp³-hybridized carbons (Fsp3) is 0.833. The van der Waals surface area contributed by atoms with Crippen LogP contribution in [-0.4, -0.2) is 65.8 Å². The van der Waals surface area contributed by atoms with E-state index in [9.17, 15) is 9.59 Å². The van der Waals surface area contributed by atoms with Crippen molar-refractivity contribution in [2.75, 3.05) is 32.8 Å². The van der Waals surface area contributed by atoms with Gasteiger partial charge in [-0.1, -0.05) is 0 Å². The Labute approximate surface area is 106 Å². The zero-order valence-corrected chi connectivity index (χ0v) is 10.7. The van der Waals surface area contributed by atoms with Gasteiger partial charge < -0.3 is 19.6 Å². The van der Waals surface area contributed by atoms with Crippen molar-refractivity contribution in [2.45, 2.75) is 25.8 Å². The number of piperidine rings is 1. The van der Waals surface area contributed by atoms with Crippen LogP contribution in [0.4, 0.5) is 4.79 Å². The van der Waals surface area contributed by atoms with E-state index >= 15 is 0 Å². The minimum absolute atomic E-state index is 0.00445. The Balaban J connectivity index is 1.93. The molecule has 0 aliphatic carbocycles. The molecule has 0 radical (unpaired) electrons. The number of hydrogen-bond acceptors (Lipinski definition) is 3. The molecule has 0 aromatic heterocycles. The maximum atomic E-state index is 12.3. The van der Waals surface area contributed by atoms with Crippen LogP contribution in [0.25, 0.3) is 0 Å². The SMILES string of the molecule is CC1CC(C(=O)O)CCN1C(=O)N1CCOCC1. The number of urea groups is 1. The molecule has 2 rings (SSSR count). The molecule has 2 saturated heterocycles.